The quantitative estimate of drug-likeness (QED) is 0.777. The van der Waals surface area contributed by atoms with E-state index in [-0.39, 0.29) is 24.2 Å². The Kier molecular flexibility index (Phi) is 3.87. The largest absolute Gasteiger partial charge is 0.395 e. The van der Waals surface area contributed by atoms with E-state index in [2.05, 4.69) is 4.90 Å². The fraction of sp³-hybridized carbons (Fsp3) is 1.00. The zero-order valence-electron chi connectivity index (χ0n) is 9.64. The van der Waals surface area contributed by atoms with Gasteiger partial charge in [-0.2, -0.15) is 0 Å². The molecule has 0 bridgehead atoms. The van der Waals surface area contributed by atoms with Crippen molar-refractivity contribution in [3.63, 3.8) is 0 Å². The average Bonchev–Trinajstić information content (AvgIpc) is 2.75. The molecule has 0 aromatic carbocycles. The van der Waals surface area contributed by atoms with E-state index in [4.69, 9.17) is 0 Å². The lowest BCUT2D eigenvalue weighted by molar-refractivity contribution is 0.0883. The molecule has 1 saturated heterocycles. The van der Waals surface area contributed by atoms with Crippen molar-refractivity contribution in [3.05, 3.63) is 0 Å². The van der Waals surface area contributed by atoms with Gasteiger partial charge in [0.15, 0.2) is 9.84 Å². The van der Waals surface area contributed by atoms with Gasteiger partial charge >= 0.3 is 0 Å². The van der Waals surface area contributed by atoms with Crippen LogP contribution in [0.25, 0.3) is 0 Å². The third-order valence-corrected chi connectivity index (χ3v) is 5.59. The SMILES string of the molecule is O=S1(=O)CCN(C(CO)C2CCCC2)CC1. The van der Waals surface area contributed by atoms with Gasteiger partial charge in [-0.1, -0.05) is 12.8 Å². The summed E-state index contributed by atoms with van der Waals surface area (Å²) in [6, 6.07) is 0.193. The molecule has 2 aliphatic rings. The van der Waals surface area contributed by atoms with Gasteiger partial charge in [-0.05, 0) is 18.8 Å². The Hall–Kier alpha value is -0.130. The molecule has 16 heavy (non-hydrogen) atoms. The Morgan fingerprint density at radius 2 is 1.75 bits per heavy atom. The van der Waals surface area contributed by atoms with Crippen LogP contribution in [0, 0.1) is 5.92 Å². The first-order valence-corrected chi connectivity index (χ1v) is 8.00. The number of aliphatic hydroxyl groups is 1. The van der Waals surface area contributed by atoms with Crippen LogP contribution in [0.15, 0.2) is 0 Å². The first-order chi connectivity index (χ1) is 7.62. The normalized spacial score (nSPS) is 29.3. The molecule has 1 unspecified atom stereocenters. The number of hydrogen-bond donors (Lipinski definition) is 1. The van der Waals surface area contributed by atoms with E-state index in [9.17, 15) is 13.5 Å². The highest BCUT2D eigenvalue weighted by molar-refractivity contribution is 7.91. The molecule has 1 heterocycles. The Balaban J connectivity index is 1.95. The highest BCUT2D eigenvalue weighted by Gasteiger charge is 2.32. The molecule has 1 N–H and O–H groups in total. The minimum absolute atomic E-state index is 0.171. The summed E-state index contributed by atoms with van der Waals surface area (Å²) in [5.74, 6) is 1.10. The summed E-state index contributed by atoms with van der Waals surface area (Å²) < 4.78 is 22.7. The molecule has 1 saturated carbocycles. The number of aliphatic hydroxyl groups excluding tert-OH is 1. The molecule has 0 aromatic rings. The molecule has 4 nitrogen and oxygen atoms in total. The summed E-state index contributed by atoms with van der Waals surface area (Å²) in [5, 5.41) is 9.48. The number of sulfone groups is 1. The lowest BCUT2D eigenvalue weighted by atomic mass is 9.97. The van der Waals surface area contributed by atoms with Gasteiger partial charge in [0.25, 0.3) is 0 Å². The highest BCUT2D eigenvalue weighted by atomic mass is 32.2. The van der Waals surface area contributed by atoms with Crippen molar-refractivity contribution in [2.24, 2.45) is 5.92 Å². The van der Waals surface area contributed by atoms with Crippen molar-refractivity contribution < 1.29 is 13.5 Å². The number of rotatable bonds is 3. The van der Waals surface area contributed by atoms with Crippen LogP contribution >= 0.6 is 0 Å². The molecule has 2 rings (SSSR count). The topological polar surface area (TPSA) is 57.6 Å². The van der Waals surface area contributed by atoms with E-state index in [0.29, 0.717) is 19.0 Å². The molecule has 1 atom stereocenters. The third kappa shape index (κ3) is 2.76. The zero-order valence-corrected chi connectivity index (χ0v) is 10.5. The van der Waals surface area contributed by atoms with E-state index in [0.717, 1.165) is 0 Å². The molecule has 2 fully saturated rings. The second kappa shape index (κ2) is 5.02. The molecule has 1 aliphatic carbocycles. The summed E-state index contributed by atoms with van der Waals surface area (Å²) in [6.07, 6.45) is 4.89. The van der Waals surface area contributed by atoms with Crippen LogP contribution in [-0.2, 0) is 9.84 Å². The van der Waals surface area contributed by atoms with Crippen LogP contribution in [-0.4, -0.2) is 55.7 Å². The smallest absolute Gasteiger partial charge is 0.152 e. The Morgan fingerprint density at radius 1 is 1.19 bits per heavy atom. The van der Waals surface area contributed by atoms with Gasteiger partial charge in [0, 0.05) is 19.1 Å². The van der Waals surface area contributed by atoms with Gasteiger partial charge in [0.2, 0.25) is 0 Å². The maximum atomic E-state index is 11.3. The standard InChI is InChI=1S/C11H21NO3S/c13-9-11(10-3-1-2-4-10)12-5-7-16(14,15)8-6-12/h10-11,13H,1-9H2. The maximum Gasteiger partial charge on any atom is 0.152 e. The average molecular weight is 247 g/mol. The van der Waals surface area contributed by atoms with Gasteiger partial charge < -0.3 is 5.11 Å². The van der Waals surface area contributed by atoms with Crippen LogP contribution < -0.4 is 0 Å². The van der Waals surface area contributed by atoms with E-state index in [1.165, 1.54) is 25.7 Å². The van der Waals surface area contributed by atoms with Crippen LogP contribution in [0.1, 0.15) is 25.7 Å². The highest BCUT2D eigenvalue weighted by Crippen LogP contribution is 2.30. The Morgan fingerprint density at radius 3 is 2.25 bits per heavy atom. The third-order valence-electron chi connectivity index (χ3n) is 3.98. The van der Waals surface area contributed by atoms with Crippen molar-refractivity contribution in [1.82, 2.24) is 4.90 Å². The minimum atomic E-state index is -2.80. The van der Waals surface area contributed by atoms with Crippen molar-refractivity contribution >= 4 is 9.84 Å². The van der Waals surface area contributed by atoms with Crippen molar-refractivity contribution in [2.45, 2.75) is 31.7 Å². The first-order valence-electron chi connectivity index (χ1n) is 6.18. The van der Waals surface area contributed by atoms with Gasteiger partial charge in [0.05, 0.1) is 18.1 Å². The second-order valence-electron chi connectivity index (χ2n) is 4.98. The molecule has 0 radical (unpaired) electrons. The lowest BCUT2D eigenvalue weighted by Gasteiger charge is -2.36. The fourth-order valence-electron chi connectivity index (χ4n) is 2.96. The predicted octanol–water partition coefficient (Wildman–Crippen LogP) is 0.268. The van der Waals surface area contributed by atoms with E-state index < -0.39 is 9.84 Å². The van der Waals surface area contributed by atoms with Gasteiger partial charge in [-0.3, -0.25) is 4.90 Å². The fourth-order valence-corrected chi connectivity index (χ4v) is 4.19. The second-order valence-corrected chi connectivity index (χ2v) is 7.29. The predicted molar refractivity (Wildman–Crippen MR) is 63.1 cm³/mol. The molecule has 0 spiro atoms. The number of hydrogen-bond acceptors (Lipinski definition) is 4. The Labute approximate surface area is 97.6 Å². The lowest BCUT2D eigenvalue weighted by Crippen LogP contribution is -2.50. The molecular weight excluding hydrogens is 226 g/mol. The van der Waals surface area contributed by atoms with E-state index in [1.54, 1.807) is 0 Å². The maximum absolute atomic E-state index is 11.3. The van der Waals surface area contributed by atoms with Crippen molar-refractivity contribution in [3.8, 4) is 0 Å². The summed E-state index contributed by atoms with van der Waals surface area (Å²) in [4.78, 5) is 2.18. The summed E-state index contributed by atoms with van der Waals surface area (Å²) in [7, 11) is -2.80. The number of nitrogens with zero attached hydrogens (tertiary/aromatic N) is 1. The monoisotopic (exact) mass is 247 g/mol. The van der Waals surface area contributed by atoms with Crippen molar-refractivity contribution in [1.29, 1.82) is 0 Å². The van der Waals surface area contributed by atoms with E-state index in [1.807, 2.05) is 0 Å². The molecule has 5 heteroatoms. The molecular formula is C11H21NO3S. The summed E-state index contributed by atoms with van der Waals surface area (Å²) in [5.41, 5.74) is 0. The van der Waals surface area contributed by atoms with Crippen LogP contribution in [0.4, 0.5) is 0 Å². The van der Waals surface area contributed by atoms with Gasteiger partial charge in [-0.15, -0.1) is 0 Å². The summed E-state index contributed by atoms with van der Waals surface area (Å²) >= 11 is 0. The van der Waals surface area contributed by atoms with Crippen molar-refractivity contribution in [2.75, 3.05) is 31.2 Å². The minimum Gasteiger partial charge on any atom is -0.395 e. The summed E-state index contributed by atoms with van der Waals surface area (Å²) in [6.45, 7) is 1.37. The van der Waals surface area contributed by atoms with E-state index >= 15 is 0 Å². The molecule has 1 aliphatic heterocycles. The zero-order chi connectivity index (χ0) is 11.6. The molecule has 94 valence electrons. The molecule has 0 amide bonds. The van der Waals surface area contributed by atoms with Gasteiger partial charge in [0.1, 0.15) is 0 Å². The van der Waals surface area contributed by atoms with Gasteiger partial charge in [-0.25, -0.2) is 8.42 Å². The van der Waals surface area contributed by atoms with Crippen LogP contribution in [0.3, 0.4) is 0 Å². The Bertz CT molecular complexity index is 308. The molecule has 0 aromatic heterocycles. The van der Waals surface area contributed by atoms with Crippen LogP contribution in [0.5, 0.6) is 0 Å². The van der Waals surface area contributed by atoms with Crippen LogP contribution in [0.2, 0.25) is 0 Å². The first kappa shape index (κ1) is 12.3.